The molecule has 0 N–H and O–H groups in total. The summed E-state index contributed by atoms with van der Waals surface area (Å²) in [6.07, 6.45) is 0.524. The molecule has 0 saturated heterocycles. The SMILES string of the molecule is N#CC(Cc1cccc(F)c1)c1ccc(Br)cc1. The van der Waals surface area contributed by atoms with E-state index in [1.165, 1.54) is 12.1 Å². The summed E-state index contributed by atoms with van der Waals surface area (Å²) in [6, 6.07) is 16.3. The lowest BCUT2D eigenvalue weighted by Crippen LogP contribution is -2.00. The van der Waals surface area contributed by atoms with E-state index in [4.69, 9.17) is 0 Å². The van der Waals surface area contributed by atoms with Crippen molar-refractivity contribution in [2.75, 3.05) is 0 Å². The van der Waals surface area contributed by atoms with Crippen LogP contribution in [0.3, 0.4) is 0 Å². The zero-order valence-corrected chi connectivity index (χ0v) is 11.2. The second-order valence-electron chi connectivity index (χ2n) is 4.07. The van der Waals surface area contributed by atoms with Gasteiger partial charge in [-0.3, -0.25) is 0 Å². The molecule has 0 saturated carbocycles. The summed E-state index contributed by atoms with van der Waals surface area (Å²) in [5.41, 5.74) is 1.79. The first kappa shape index (κ1) is 12.8. The molecule has 18 heavy (non-hydrogen) atoms. The molecule has 0 aliphatic heterocycles. The fourth-order valence-electron chi connectivity index (χ4n) is 1.83. The van der Waals surface area contributed by atoms with E-state index in [1.54, 1.807) is 6.07 Å². The molecule has 0 aliphatic carbocycles. The molecule has 1 atom stereocenters. The van der Waals surface area contributed by atoms with Gasteiger partial charge in [-0.1, -0.05) is 40.2 Å². The van der Waals surface area contributed by atoms with Crippen molar-refractivity contribution in [1.29, 1.82) is 5.26 Å². The Morgan fingerprint density at radius 3 is 2.50 bits per heavy atom. The number of benzene rings is 2. The fourth-order valence-corrected chi connectivity index (χ4v) is 2.10. The lowest BCUT2D eigenvalue weighted by molar-refractivity contribution is 0.624. The normalized spacial score (nSPS) is 11.8. The molecule has 0 amide bonds. The smallest absolute Gasteiger partial charge is 0.123 e. The van der Waals surface area contributed by atoms with E-state index < -0.39 is 0 Å². The van der Waals surface area contributed by atoms with Gasteiger partial charge >= 0.3 is 0 Å². The molecule has 2 aromatic rings. The van der Waals surface area contributed by atoms with Crippen LogP contribution in [-0.4, -0.2) is 0 Å². The Hall–Kier alpha value is -1.66. The van der Waals surface area contributed by atoms with E-state index in [0.717, 1.165) is 15.6 Å². The topological polar surface area (TPSA) is 23.8 Å². The standard InChI is InChI=1S/C15H11BrFN/c16-14-6-4-12(5-7-14)13(10-18)8-11-2-1-3-15(17)9-11/h1-7,9,13H,8H2. The summed E-state index contributed by atoms with van der Waals surface area (Å²) in [5.74, 6) is -0.514. The van der Waals surface area contributed by atoms with Gasteiger partial charge in [0.2, 0.25) is 0 Å². The molecular weight excluding hydrogens is 293 g/mol. The van der Waals surface area contributed by atoms with Crippen molar-refractivity contribution < 1.29 is 4.39 Å². The molecule has 0 spiro atoms. The number of rotatable bonds is 3. The summed E-state index contributed by atoms with van der Waals surface area (Å²) >= 11 is 3.36. The highest BCUT2D eigenvalue weighted by atomic mass is 79.9. The number of nitriles is 1. The van der Waals surface area contributed by atoms with Gasteiger partial charge in [-0.05, 0) is 41.8 Å². The molecule has 90 valence electrons. The number of nitrogens with zero attached hydrogens (tertiary/aromatic N) is 1. The van der Waals surface area contributed by atoms with Gasteiger partial charge in [0, 0.05) is 4.47 Å². The quantitative estimate of drug-likeness (QED) is 0.822. The summed E-state index contributed by atoms with van der Waals surface area (Å²) in [6.45, 7) is 0. The third-order valence-electron chi connectivity index (χ3n) is 2.76. The van der Waals surface area contributed by atoms with Crippen molar-refractivity contribution in [2.45, 2.75) is 12.3 Å². The van der Waals surface area contributed by atoms with Gasteiger partial charge in [-0.25, -0.2) is 4.39 Å². The minimum absolute atomic E-state index is 0.250. The average Bonchev–Trinajstić information content (AvgIpc) is 2.37. The average molecular weight is 304 g/mol. The lowest BCUT2D eigenvalue weighted by Gasteiger charge is -2.09. The molecule has 2 rings (SSSR count). The number of hydrogen-bond donors (Lipinski definition) is 0. The van der Waals surface area contributed by atoms with Crippen LogP contribution in [0.15, 0.2) is 53.0 Å². The highest BCUT2D eigenvalue weighted by molar-refractivity contribution is 9.10. The molecule has 0 aliphatic rings. The van der Waals surface area contributed by atoms with E-state index in [0.29, 0.717) is 6.42 Å². The van der Waals surface area contributed by atoms with Gasteiger partial charge in [-0.15, -0.1) is 0 Å². The van der Waals surface area contributed by atoms with E-state index >= 15 is 0 Å². The predicted octanol–water partition coefficient (Wildman–Crippen LogP) is 4.44. The molecule has 0 radical (unpaired) electrons. The fraction of sp³-hybridized carbons (Fsp3) is 0.133. The molecule has 3 heteroatoms. The van der Waals surface area contributed by atoms with Gasteiger partial charge < -0.3 is 0 Å². The molecule has 0 heterocycles. The molecule has 2 aromatic carbocycles. The van der Waals surface area contributed by atoms with Gasteiger partial charge in [0.15, 0.2) is 0 Å². The van der Waals surface area contributed by atoms with Crippen LogP contribution in [0, 0.1) is 17.1 Å². The monoisotopic (exact) mass is 303 g/mol. The van der Waals surface area contributed by atoms with E-state index in [1.807, 2.05) is 30.3 Å². The van der Waals surface area contributed by atoms with Crippen LogP contribution < -0.4 is 0 Å². The molecule has 0 aromatic heterocycles. The van der Waals surface area contributed by atoms with Crippen LogP contribution in [0.4, 0.5) is 4.39 Å². The van der Waals surface area contributed by atoms with E-state index in [9.17, 15) is 9.65 Å². The van der Waals surface area contributed by atoms with Crippen LogP contribution in [0.5, 0.6) is 0 Å². The van der Waals surface area contributed by atoms with Gasteiger partial charge in [0.25, 0.3) is 0 Å². The molecule has 0 fully saturated rings. The first-order valence-electron chi connectivity index (χ1n) is 5.58. The van der Waals surface area contributed by atoms with Crippen LogP contribution in [-0.2, 0) is 6.42 Å². The van der Waals surface area contributed by atoms with Gasteiger partial charge in [0.1, 0.15) is 5.82 Å². The summed E-state index contributed by atoms with van der Waals surface area (Å²) in [7, 11) is 0. The van der Waals surface area contributed by atoms with Crippen molar-refractivity contribution in [2.24, 2.45) is 0 Å². The Bertz CT molecular complexity index is 572. The minimum Gasteiger partial charge on any atom is -0.207 e. The van der Waals surface area contributed by atoms with E-state index in [-0.39, 0.29) is 11.7 Å². The van der Waals surface area contributed by atoms with Crippen LogP contribution in [0.2, 0.25) is 0 Å². The van der Waals surface area contributed by atoms with Gasteiger partial charge in [0.05, 0.1) is 12.0 Å². The highest BCUT2D eigenvalue weighted by Crippen LogP contribution is 2.22. The maximum absolute atomic E-state index is 13.1. The zero-order chi connectivity index (χ0) is 13.0. The molecular formula is C15H11BrFN. The summed E-state index contributed by atoms with van der Waals surface area (Å²) in [4.78, 5) is 0. The van der Waals surface area contributed by atoms with Crippen LogP contribution in [0.1, 0.15) is 17.0 Å². The third-order valence-corrected chi connectivity index (χ3v) is 3.29. The van der Waals surface area contributed by atoms with Crippen LogP contribution in [0.25, 0.3) is 0 Å². The van der Waals surface area contributed by atoms with Crippen molar-refractivity contribution in [3.8, 4) is 6.07 Å². The van der Waals surface area contributed by atoms with Crippen molar-refractivity contribution in [1.82, 2.24) is 0 Å². The second-order valence-corrected chi connectivity index (χ2v) is 4.98. The largest absolute Gasteiger partial charge is 0.207 e. The lowest BCUT2D eigenvalue weighted by atomic mass is 9.93. The van der Waals surface area contributed by atoms with Crippen molar-refractivity contribution in [3.05, 3.63) is 69.9 Å². The second kappa shape index (κ2) is 5.79. The van der Waals surface area contributed by atoms with E-state index in [2.05, 4.69) is 22.0 Å². The number of hydrogen-bond acceptors (Lipinski definition) is 1. The Balaban J connectivity index is 2.20. The maximum atomic E-state index is 13.1. The summed E-state index contributed by atoms with van der Waals surface area (Å²) in [5, 5.41) is 9.22. The highest BCUT2D eigenvalue weighted by Gasteiger charge is 2.11. The number of halogens is 2. The Kier molecular flexibility index (Phi) is 4.11. The summed E-state index contributed by atoms with van der Waals surface area (Å²) < 4.78 is 14.1. The Morgan fingerprint density at radius 1 is 1.17 bits per heavy atom. The third kappa shape index (κ3) is 3.18. The predicted molar refractivity (Wildman–Crippen MR) is 72.6 cm³/mol. The van der Waals surface area contributed by atoms with Crippen molar-refractivity contribution >= 4 is 15.9 Å². The Labute approximate surface area is 114 Å². The van der Waals surface area contributed by atoms with Crippen LogP contribution >= 0.6 is 15.9 Å². The molecule has 1 unspecified atom stereocenters. The first-order valence-corrected chi connectivity index (χ1v) is 6.38. The van der Waals surface area contributed by atoms with Crippen molar-refractivity contribution in [3.63, 3.8) is 0 Å². The minimum atomic E-state index is -0.264. The zero-order valence-electron chi connectivity index (χ0n) is 9.61. The first-order chi connectivity index (χ1) is 8.69. The Morgan fingerprint density at radius 2 is 1.89 bits per heavy atom. The molecule has 0 bridgehead atoms. The molecule has 1 nitrogen and oxygen atoms in total. The maximum Gasteiger partial charge on any atom is 0.123 e. The van der Waals surface area contributed by atoms with Gasteiger partial charge in [-0.2, -0.15) is 5.26 Å².